The van der Waals surface area contributed by atoms with Crippen molar-refractivity contribution in [2.24, 2.45) is 11.8 Å². The molecule has 0 spiro atoms. The lowest BCUT2D eigenvalue weighted by molar-refractivity contribution is -0.153. The highest BCUT2D eigenvalue weighted by Crippen LogP contribution is 2.29. The molecule has 0 radical (unpaired) electrons. The van der Waals surface area contributed by atoms with E-state index in [0.29, 0.717) is 32.3 Å². The SMILES string of the molecule is O=C(O)C1CCC(C(=O)OCc2ccccc2)CC1. The number of ether oxygens (including phenoxy) is 1. The monoisotopic (exact) mass is 262 g/mol. The Balaban J connectivity index is 1.77. The maximum atomic E-state index is 11.9. The molecule has 1 aliphatic rings. The largest absolute Gasteiger partial charge is 0.481 e. The number of hydrogen-bond donors (Lipinski definition) is 1. The van der Waals surface area contributed by atoms with Gasteiger partial charge in [-0.05, 0) is 31.2 Å². The number of benzene rings is 1. The molecule has 1 aliphatic carbocycles. The van der Waals surface area contributed by atoms with Gasteiger partial charge in [-0.1, -0.05) is 30.3 Å². The normalized spacial score (nSPS) is 22.7. The third-order valence-corrected chi connectivity index (χ3v) is 3.63. The zero-order valence-corrected chi connectivity index (χ0v) is 10.7. The van der Waals surface area contributed by atoms with Gasteiger partial charge in [-0.15, -0.1) is 0 Å². The second kappa shape index (κ2) is 6.36. The van der Waals surface area contributed by atoms with Gasteiger partial charge in [-0.25, -0.2) is 0 Å². The van der Waals surface area contributed by atoms with Gasteiger partial charge >= 0.3 is 11.9 Å². The van der Waals surface area contributed by atoms with Crippen LogP contribution < -0.4 is 0 Å². The van der Waals surface area contributed by atoms with E-state index in [1.807, 2.05) is 30.3 Å². The van der Waals surface area contributed by atoms with Gasteiger partial charge < -0.3 is 9.84 Å². The Labute approximate surface area is 112 Å². The molecule has 4 nitrogen and oxygen atoms in total. The third kappa shape index (κ3) is 3.81. The zero-order chi connectivity index (χ0) is 13.7. The van der Waals surface area contributed by atoms with Crippen LogP contribution in [0, 0.1) is 11.8 Å². The fraction of sp³-hybridized carbons (Fsp3) is 0.467. The number of carboxylic acid groups (broad SMARTS) is 1. The second-order valence-corrected chi connectivity index (χ2v) is 4.98. The molecule has 0 aliphatic heterocycles. The molecule has 1 saturated carbocycles. The van der Waals surface area contributed by atoms with Crippen molar-refractivity contribution in [1.29, 1.82) is 0 Å². The molecule has 0 amide bonds. The lowest BCUT2D eigenvalue weighted by Crippen LogP contribution is -2.27. The molecular formula is C15H18O4. The summed E-state index contributed by atoms with van der Waals surface area (Å²) in [6.07, 6.45) is 2.37. The second-order valence-electron chi connectivity index (χ2n) is 4.98. The van der Waals surface area contributed by atoms with E-state index < -0.39 is 5.97 Å². The summed E-state index contributed by atoms with van der Waals surface area (Å²) < 4.78 is 5.28. The van der Waals surface area contributed by atoms with Crippen molar-refractivity contribution in [2.45, 2.75) is 32.3 Å². The van der Waals surface area contributed by atoms with Crippen LogP contribution in [0.25, 0.3) is 0 Å². The van der Waals surface area contributed by atoms with Gasteiger partial charge in [0, 0.05) is 0 Å². The Bertz CT molecular complexity index is 433. The average Bonchev–Trinajstić information content (AvgIpc) is 2.46. The number of carbonyl (C=O) groups excluding carboxylic acids is 1. The molecular weight excluding hydrogens is 244 g/mol. The van der Waals surface area contributed by atoms with Crippen LogP contribution in [0.15, 0.2) is 30.3 Å². The lowest BCUT2D eigenvalue weighted by atomic mass is 9.82. The van der Waals surface area contributed by atoms with E-state index in [1.54, 1.807) is 0 Å². The number of rotatable bonds is 4. The van der Waals surface area contributed by atoms with Gasteiger partial charge in [0.25, 0.3) is 0 Å². The first-order valence-corrected chi connectivity index (χ1v) is 6.60. The van der Waals surface area contributed by atoms with E-state index in [9.17, 15) is 9.59 Å². The smallest absolute Gasteiger partial charge is 0.309 e. The lowest BCUT2D eigenvalue weighted by Gasteiger charge is -2.24. The van der Waals surface area contributed by atoms with E-state index in [0.717, 1.165) is 5.56 Å². The van der Waals surface area contributed by atoms with Crippen molar-refractivity contribution in [3.63, 3.8) is 0 Å². The first-order valence-electron chi connectivity index (χ1n) is 6.60. The van der Waals surface area contributed by atoms with Crippen LogP contribution in [0.4, 0.5) is 0 Å². The predicted octanol–water partition coefficient (Wildman–Crippen LogP) is 2.62. The van der Waals surface area contributed by atoms with Crippen LogP contribution in [0.5, 0.6) is 0 Å². The van der Waals surface area contributed by atoms with Crippen molar-refractivity contribution in [3.8, 4) is 0 Å². The summed E-state index contributed by atoms with van der Waals surface area (Å²) in [5.74, 6) is -1.39. The van der Waals surface area contributed by atoms with E-state index in [1.165, 1.54) is 0 Å². The molecule has 1 N–H and O–H groups in total. The highest BCUT2D eigenvalue weighted by molar-refractivity contribution is 5.74. The fourth-order valence-corrected chi connectivity index (χ4v) is 2.42. The number of hydrogen-bond acceptors (Lipinski definition) is 3. The molecule has 0 bridgehead atoms. The van der Waals surface area contributed by atoms with Crippen LogP contribution in [0.1, 0.15) is 31.2 Å². The summed E-state index contributed by atoms with van der Waals surface area (Å²) >= 11 is 0. The van der Waals surface area contributed by atoms with Crippen LogP contribution in [-0.4, -0.2) is 17.0 Å². The molecule has 1 aromatic rings. The Kier molecular flexibility index (Phi) is 4.55. The first kappa shape index (κ1) is 13.6. The Morgan fingerprint density at radius 3 is 2.21 bits per heavy atom. The first-order chi connectivity index (χ1) is 9.16. The highest BCUT2D eigenvalue weighted by Gasteiger charge is 2.30. The van der Waals surface area contributed by atoms with E-state index >= 15 is 0 Å². The zero-order valence-electron chi connectivity index (χ0n) is 10.7. The summed E-state index contributed by atoms with van der Waals surface area (Å²) in [4.78, 5) is 22.7. The Hall–Kier alpha value is -1.84. The van der Waals surface area contributed by atoms with Gasteiger partial charge in [0.1, 0.15) is 6.61 Å². The molecule has 0 unspecified atom stereocenters. The standard InChI is InChI=1S/C15H18O4/c16-14(17)12-6-8-13(9-7-12)15(18)19-10-11-4-2-1-3-5-11/h1-5,12-13H,6-10H2,(H,16,17). The molecule has 0 saturated heterocycles. The summed E-state index contributed by atoms with van der Waals surface area (Å²) in [5, 5.41) is 8.90. The third-order valence-electron chi connectivity index (χ3n) is 3.63. The van der Waals surface area contributed by atoms with Crippen molar-refractivity contribution in [3.05, 3.63) is 35.9 Å². The maximum absolute atomic E-state index is 11.9. The summed E-state index contributed by atoms with van der Waals surface area (Å²) in [6, 6.07) is 9.55. The predicted molar refractivity (Wildman–Crippen MR) is 69.3 cm³/mol. The number of esters is 1. The van der Waals surface area contributed by atoms with Gasteiger partial charge in [0.05, 0.1) is 11.8 Å². The summed E-state index contributed by atoms with van der Waals surface area (Å²) in [6.45, 7) is 0.290. The molecule has 102 valence electrons. The fourth-order valence-electron chi connectivity index (χ4n) is 2.42. The van der Waals surface area contributed by atoms with Gasteiger partial charge in [-0.3, -0.25) is 9.59 Å². The van der Waals surface area contributed by atoms with Gasteiger partial charge in [0.2, 0.25) is 0 Å². The summed E-state index contributed by atoms with van der Waals surface area (Å²) in [7, 11) is 0. The molecule has 4 heteroatoms. The van der Waals surface area contributed by atoms with Crippen LogP contribution >= 0.6 is 0 Å². The quantitative estimate of drug-likeness (QED) is 0.847. The van der Waals surface area contributed by atoms with Crippen LogP contribution in [0.3, 0.4) is 0 Å². The Morgan fingerprint density at radius 2 is 1.63 bits per heavy atom. The number of aliphatic carboxylic acids is 1. The van der Waals surface area contributed by atoms with Crippen molar-refractivity contribution >= 4 is 11.9 Å². The molecule has 0 aromatic heterocycles. The van der Waals surface area contributed by atoms with Gasteiger partial charge in [-0.2, -0.15) is 0 Å². The molecule has 0 atom stereocenters. The van der Waals surface area contributed by atoms with Crippen LogP contribution in [-0.2, 0) is 20.9 Å². The number of carboxylic acids is 1. The molecule has 1 aromatic carbocycles. The van der Waals surface area contributed by atoms with Crippen molar-refractivity contribution in [1.82, 2.24) is 0 Å². The average molecular weight is 262 g/mol. The minimum Gasteiger partial charge on any atom is -0.481 e. The molecule has 0 heterocycles. The van der Waals surface area contributed by atoms with Crippen LogP contribution in [0.2, 0.25) is 0 Å². The van der Waals surface area contributed by atoms with Crippen molar-refractivity contribution < 1.29 is 19.4 Å². The minimum absolute atomic E-state index is 0.140. The van der Waals surface area contributed by atoms with Gasteiger partial charge in [0.15, 0.2) is 0 Å². The van der Waals surface area contributed by atoms with E-state index in [2.05, 4.69) is 0 Å². The molecule has 19 heavy (non-hydrogen) atoms. The maximum Gasteiger partial charge on any atom is 0.309 e. The number of carbonyl (C=O) groups is 2. The Morgan fingerprint density at radius 1 is 1.05 bits per heavy atom. The van der Waals surface area contributed by atoms with Crippen molar-refractivity contribution in [2.75, 3.05) is 0 Å². The molecule has 2 rings (SSSR count). The minimum atomic E-state index is -0.754. The van der Waals surface area contributed by atoms with E-state index in [4.69, 9.17) is 9.84 Å². The molecule has 1 fully saturated rings. The van der Waals surface area contributed by atoms with E-state index in [-0.39, 0.29) is 17.8 Å². The summed E-state index contributed by atoms with van der Waals surface area (Å²) in [5.41, 5.74) is 0.968. The topological polar surface area (TPSA) is 63.6 Å². The highest BCUT2D eigenvalue weighted by atomic mass is 16.5.